The number of carbonyl (C=O) groups excluding carboxylic acids is 2. The van der Waals surface area contributed by atoms with Gasteiger partial charge in [0.05, 0.1) is 0 Å². The molecular weight excluding hydrogens is 443 g/mol. The Morgan fingerprint density at radius 1 is 0.714 bits per heavy atom. The molecule has 0 saturated heterocycles. The normalized spacial score (nSPS) is 10.9. The predicted octanol–water partition coefficient (Wildman–Crippen LogP) is 6.62. The van der Waals surface area contributed by atoms with E-state index >= 15 is 0 Å². The van der Waals surface area contributed by atoms with E-state index in [0.29, 0.717) is 11.1 Å². The lowest BCUT2D eigenvalue weighted by Crippen LogP contribution is -2.01. The van der Waals surface area contributed by atoms with Gasteiger partial charge in [-0.05, 0) is 39.9 Å². The first-order valence-corrected chi connectivity index (χ1v) is 10.9. The number of hydrogen-bond acceptors (Lipinski definition) is 4. The summed E-state index contributed by atoms with van der Waals surface area (Å²) in [7, 11) is 0. The van der Waals surface area contributed by atoms with Crippen LogP contribution in [-0.2, 0) is 32.3 Å². The molecule has 0 N–H and O–H groups in total. The molecule has 0 spiro atoms. The first kappa shape index (κ1) is 25.1. The molecule has 0 aliphatic heterocycles. The van der Waals surface area contributed by atoms with Gasteiger partial charge in [-0.2, -0.15) is 0 Å². The molecule has 0 atom stereocenters. The van der Waals surface area contributed by atoms with Gasteiger partial charge in [0.1, 0.15) is 19.0 Å². The lowest BCUT2D eigenvalue weighted by atomic mass is 10.0. The Kier molecular flexibility index (Phi) is 9.08. The van der Waals surface area contributed by atoms with Crippen molar-refractivity contribution in [2.24, 2.45) is 0 Å². The Bertz CT molecular complexity index is 1290. The van der Waals surface area contributed by atoms with Gasteiger partial charge < -0.3 is 9.47 Å². The zero-order valence-corrected chi connectivity index (χ0v) is 19.2. The maximum absolute atomic E-state index is 14.7. The van der Waals surface area contributed by atoms with Gasteiger partial charge in [0.2, 0.25) is 0 Å². The van der Waals surface area contributed by atoms with Crippen molar-refractivity contribution in [3.8, 4) is 0 Å². The van der Waals surface area contributed by atoms with Crippen LogP contribution in [0, 0.1) is 5.82 Å². The molecule has 3 aromatic carbocycles. The highest BCUT2D eigenvalue weighted by Gasteiger charge is 2.04. The second-order valence-electron chi connectivity index (χ2n) is 7.52. The largest absolute Gasteiger partial charge is 0.458 e. The van der Waals surface area contributed by atoms with Crippen molar-refractivity contribution in [3.05, 3.63) is 131 Å². The lowest BCUT2D eigenvalue weighted by Gasteiger charge is -2.06. The number of halogens is 1. The zero-order chi connectivity index (χ0) is 25.0. The Labute approximate surface area is 204 Å². The van der Waals surface area contributed by atoms with Crippen LogP contribution >= 0.6 is 0 Å². The third kappa shape index (κ3) is 7.79. The zero-order valence-electron chi connectivity index (χ0n) is 19.2. The smallest absolute Gasteiger partial charge is 0.330 e. The van der Waals surface area contributed by atoms with Crippen molar-refractivity contribution in [1.82, 2.24) is 0 Å². The van der Waals surface area contributed by atoms with Gasteiger partial charge in [-0.15, -0.1) is 0 Å². The second kappa shape index (κ2) is 12.7. The summed E-state index contributed by atoms with van der Waals surface area (Å²) < 4.78 is 24.9. The summed E-state index contributed by atoms with van der Waals surface area (Å²) in [6.45, 7) is 7.03. The van der Waals surface area contributed by atoms with E-state index in [9.17, 15) is 14.0 Å². The minimum absolute atomic E-state index is 0.126. The van der Waals surface area contributed by atoms with Crippen LogP contribution < -0.4 is 0 Å². The molecule has 0 amide bonds. The highest BCUT2D eigenvalue weighted by Crippen LogP contribution is 2.19. The number of benzene rings is 3. The maximum atomic E-state index is 14.7. The molecule has 0 saturated carbocycles. The Hall–Kier alpha value is -4.51. The van der Waals surface area contributed by atoms with E-state index in [4.69, 9.17) is 9.47 Å². The van der Waals surface area contributed by atoms with Crippen LogP contribution in [0.15, 0.2) is 92.0 Å². The van der Waals surface area contributed by atoms with E-state index < -0.39 is 11.9 Å². The molecule has 5 heteroatoms. The van der Waals surface area contributed by atoms with Crippen LogP contribution in [0.3, 0.4) is 0 Å². The van der Waals surface area contributed by atoms with Crippen LogP contribution in [0.4, 0.5) is 4.39 Å². The lowest BCUT2D eigenvalue weighted by molar-refractivity contribution is -0.139. The number of ether oxygens (including phenoxy) is 2. The van der Waals surface area contributed by atoms with E-state index in [1.165, 1.54) is 6.07 Å². The SMILES string of the molecule is C=CC(=O)OCc1cccc(C=Cc2ccc(C=Cc3ccccc3COC(=O)C=C)cc2F)c1. The molecule has 0 aliphatic rings. The quantitative estimate of drug-likeness (QED) is 0.191. The fourth-order valence-corrected chi connectivity index (χ4v) is 3.19. The second-order valence-corrected chi connectivity index (χ2v) is 7.52. The molecule has 3 rings (SSSR count). The van der Waals surface area contributed by atoms with Crippen LogP contribution in [-0.4, -0.2) is 11.9 Å². The van der Waals surface area contributed by atoms with Crippen molar-refractivity contribution in [2.45, 2.75) is 13.2 Å². The minimum atomic E-state index is -0.489. The van der Waals surface area contributed by atoms with E-state index in [0.717, 1.165) is 34.4 Å². The van der Waals surface area contributed by atoms with Crippen molar-refractivity contribution in [2.75, 3.05) is 0 Å². The molecule has 4 nitrogen and oxygen atoms in total. The van der Waals surface area contributed by atoms with Crippen LogP contribution in [0.25, 0.3) is 24.3 Å². The summed E-state index contributed by atoms with van der Waals surface area (Å²) in [5.41, 5.74) is 4.52. The predicted molar refractivity (Wildman–Crippen MR) is 137 cm³/mol. The fraction of sp³-hybridized carbons (Fsp3) is 0.0667. The minimum Gasteiger partial charge on any atom is -0.458 e. The Balaban J connectivity index is 1.69. The summed E-state index contributed by atoms with van der Waals surface area (Å²) in [6.07, 6.45) is 9.39. The Morgan fingerprint density at radius 2 is 1.37 bits per heavy atom. The van der Waals surface area contributed by atoms with Crippen molar-refractivity contribution < 1.29 is 23.5 Å². The van der Waals surface area contributed by atoms with E-state index in [-0.39, 0.29) is 19.0 Å². The molecule has 3 aromatic rings. The van der Waals surface area contributed by atoms with E-state index in [1.54, 1.807) is 24.3 Å². The third-order valence-electron chi connectivity index (χ3n) is 5.03. The van der Waals surface area contributed by atoms with Gasteiger partial charge in [0.15, 0.2) is 0 Å². The average molecular weight is 469 g/mol. The van der Waals surface area contributed by atoms with Gasteiger partial charge in [-0.1, -0.05) is 92.1 Å². The first-order chi connectivity index (χ1) is 17.0. The van der Waals surface area contributed by atoms with E-state index in [2.05, 4.69) is 13.2 Å². The topological polar surface area (TPSA) is 52.6 Å². The summed E-state index contributed by atoms with van der Waals surface area (Å²) in [5.74, 6) is -1.33. The summed E-state index contributed by atoms with van der Waals surface area (Å²) in [4.78, 5) is 22.6. The standard InChI is InChI=1S/C30H25FO4/c1-3-29(32)34-20-24-9-7-8-22(18-24)13-16-26-17-14-23(19-28(26)31)12-15-25-10-5-6-11-27(25)21-35-30(33)4-2/h3-19H,1-2,20-21H2. The molecular formula is C30H25FO4. The van der Waals surface area contributed by atoms with Gasteiger partial charge in [0, 0.05) is 17.7 Å². The molecule has 0 bridgehead atoms. The molecule has 0 unspecified atom stereocenters. The van der Waals surface area contributed by atoms with E-state index in [1.807, 2.05) is 60.7 Å². The Morgan fingerprint density at radius 3 is 2.09 bits per heavy atom. The number of rotatable bonds is 10. The molecule has 35 heavy (non-hydrogen) atoms. The number of esters is 2. The van der Waals surface area contributed by atoms with Gasteiger partial charge in [0.25, 0.3) is 0 Å². The van der Waals surface area contributed by atoms with Crippen molar-refractivity contribution in [1.29, 1.82) is 0 Å². The molecule has 0 heterocycles. The molecule has 0 radical (unpaired) electrons. The molecule has 176 valence electrons. The van der Waals surface area contributed by atoms with Gasteiger partial charge >= 0.3 is 11.9 Å². The average Bonchev–Trinajstić information content (AvgIpc) is 2.89. The van der Waals surface area contributed by atoms with Crippen LogP contribution in [0.2, 0.25) is 0 Å². The highest BCUT2D eigenvalue weighted by molar-refractivity contribution is 5.81. The molecule has 0 aliphatic carbocycles. The number of hydrogen-bond donors (Lipinski definition) is 0. The first-order valence-electron chi connectivity index (χ1n) is 10.9. The van der Waals surface area contributed by atoms with Crippen LogP contribution in [0.1, 0.15) is 33.4 Å². The summed E-state index contributed by atoms with van der Waals surface area (Å²) in [5, 5.41) is 0. The van der Waals surface area contributed by atoms with Gasteiger partial charge in [-0.3, -0.25) is 0 Å². The van der Waals surface area contributed by atoms with Crippen molar-refractivity contribution >= 4 is 36.2 Å². The van der Waals surface area contributed by atoms with Crippen LogP contribution in [0.5, 0.6) is 0 Å². The molecule has 0 aromatic heterocycles. The summed E-state index contributed by atoms with van der Waals surface area (Å²) >= 11 is 0. The fourth-order valence-electron chi connectivity index (χ4n) is 3.19. The monoisotopic (exact) mass is 468 g/mol. The van der Waals surface area contributed by atoms with Gasteiger partial charge in [-0.25, -0.2) is 14.0 Å². The maximum Gasteiger partial charge on any atom is 0.330 e. The third-order valence-corrected chi connectivity index (χ3v) is 5.03. The highest BCUT2D eigenvalue weighted by atomic mass is 19.1. The number of carbonyl (C=O) groups is 2. The summed E-state index contributed by atoms with van der Waals surface area (Å²) in [6, 6.07) is 19.9. The van der Waals surface area contributed by atoms with Crippen molar-refractivity contribution in [3.63, 3.8) is 0 Å². The molecule has 0 fully saturated rings.